The van der Waals surface area contributed by atoms with Gasteiger partial charge in [-0.25, -0.2) is 0 Å². The Hall–Kier alpha value is -0.940. The van der Waals surface area contributed by atoms with E-state index in [0.717, 1.165) is 12.8 Å². The number of rotatable bonds is 4. The zero-order valence-electron chi connectivity index (χ0n) is 8.32. The summed E-state index contributed by atoms with van der Waals surface area (Å²) in [4.78, 5) is 4.16. The molecule has 5 heteroatoms. The molecule has 14 heavy (non-hydrogen) atoms. The third kappa shape index (κ3) is 1.65. The van der Waals surface area contributed by atoms with Crippen LogP contribution >= 0.6 is 0 Å². The van der Waals surface area contributed by atoms with Crippen LogP contribution in [0.4, 0.5) is 0 Å². The Bertz CT molecular complexity index is 301. The van der Waals surface area contributed by atoms with E-state index in [1.807, 2.05) is 0 Å². The summed E-state index contributed by atoms with van der Waals surface area (Å²) in [5, 5.41) is 3.74. The molecule has 1 aliphatic carbocycles. The lowest BCUT2D eigenvalue weighted by Crippen LogP contribution is -2.41. The summed E-state index contributed by atoms with van der Waals surface area (Å²) in [6, 6.07) is 0. The monoisotopic (exact) mass is 197 g/mol. The molecule has 0 unspecified atom stereocenters. The molecule has 1 fully saturated rings. The highest BCUT2D eigenvalue weighted by molar-refractivity contribution is 4.98. The van der Waals surface area contributed by atoms with Gasteiger partial charge in [0.15, 0.2) is 5.82 Å². The van der Waals surface area contributed by atoms with E-state index in [4.69, 9.17) is 15.0 Å². The van der Waals surface area contributed by atoms with E-state index >= 15 is 0 Å². The summed E-state index contributed by atoms with van der Waals surface area (Å²) >= 11 is 0. The van der Waals surface area contributed by atoms with Crippen molar-refractivity contribution >= 4 is 0 Å². The molecule has 0 amide bonds. The maximum atomic E-state index is 5.46. The summed E-state index contributed by atoms with van der Waals surface area (Å²) in [6.45, 7) is 0.323. The van der Waals surface area contributed by atoms with Crippen LogP contribution in [-0.2, 0) is 17.7 Å². The summed E-state index contributed by atoms with van der Waals surface area (Å²) in [6.07, 6.45) is 4.07. The number of nitrogens with two attached hydrogens (primary N) is 1. The van der Waals surface area contributed by atoms with Gasteiger partial charge in [-0.2, -0.15) is 4.98 Å². The largest absolute Gasteiger partial charge is 0.378 e. The number of nitrogens with zero attached hydrogens (tertiary/aromatic N) is 2. The van der Waals surface area contributed by atoms with Crippen LogP contribution in [0, 0.1) is 0 Å². The van der Waals surface area contributed by atoms with Gasteiger partial charge in [0.25, 0.3) is 0 Å². The molecule has 1 aliphatic rings. The average molecular weight is 197 g/mol. The SMILES string of the molecule is COC1(Cc2nc(CN)no2)CCC1. The summed E-state index contributed by atoms with van der Waals surface area (Å²) in [7, 11) is 1.74. The molecule has 2 rings (SSSR count). The lowest BCUT2D eigenvalue weighted by molar-refractivity contribution is -0.0751. The van der Waals surface area contributed by atoms with Crippen LogP contribution in [0.1, 0.15) is 31.0 Å². The Morgan fingerprint density at radius 3 is 2.79 bits per heavy atom. The molecule has 0 aromatic carbocycles. The quantitative estimate of drug-likeness (QED) is 0.766. The number of ether oxygens (including phenoxy) is 1. The van der Waals surface area contributed by atoms with Gasteiger partial charge in [0, 0.05) is 7.11 Å². The fraction of sp³-hybridized carbons (Fsp3) is 0.778. The lowest BCUT2D eigenvalue weighted by atomic mass is 9.77. The molecule has 1 aromatic heterocycles. The Morgan fingerprint density at radius 2 is 2.36 bits per heavy atom. The molecule has 78 valence electrons. The van der Waals surface area contributed by atoms with Crippen LogP contribution in [0.5, 0.6) is 0 Å². The van der Waals surface area contributed by atoms with Crippen LogP contribution < -0.4 is 5.73 Å². The molecule has 0 saturated heterocycles. The van der Waals surface area contributed by atoms with Gasteiger partial charge in [0.1, 0.15) is 0 Å². The van der Waals surface area contributed by atoms with Crippen LogP contribution in [0.25, 0.3) is 0 Å². The molecule has 1 saturated carbocycles. The second-order valence-corrected chi connectivity index (χ2v) is 3.73. The molecule has 0 bridgehead atoms. The summed E-state index contributed by atoms with van der Waals surface area (Å²) in [5.41, 5.74) is 5.33. The number of hydrogen-bond donors (Lipinski definition) is 1. The highest BCUT2D eigenvalue weighted by atomic mass is 16.5. The normalized spacial score (nSPS) is 19.3. The van der Waals surface area contributed by atoms with Gasteiger partial charge in [0.2, 0.25) is 5.89 Å². The van der Waals surface area contributed by atoms with E-state index in [0.29, 0.717) is 24.7 Å². The van der Waals surface area contributed by atoms with Crippen molar-refractivity contribution in [3.05, 3.63) is 11.7 Å². The van der Waals surface area contributed by atoms with E-state index in [1.165, 1.54) is 6.42 Å². The lowest BCUT2D eigenvalue weighted by Gasteiger charge is -2.39. The first-order valence-electron chi connectivity index (χ1n) is 4.85. The van der Waals surface area contributed by atoms with Crippen LogP contribution in [-0.4, -0.2) is 22.9 Å². The van der Waals surface area contributed by atoms with Crippen LogP contribution in [0.2, 0.25) is 0 Å². The first-order chi connectivity index (χ1) is 6.78. The standard InChI is InChI=1S/C9H15N3O2/c1-13-9(3-2-4-9)5-8-11-7(6-10)12-14-8/h2-6,10H2,1H3. The van der Waals surface area contributed by atoms with Gasteiger partial charge in [-0.3, -0.25) is 0 Å². The highest BCUT2D eigenvalue weighted by Crippen LogP contribution is 2.37. The van der Waals surface area contributed by atoms with Crippen molar-refractivity contribution in [3.63, 3.8) is 0 Å². The maximum absolute atomic E-state index is 5.46. The van der Waals surface area contributed by atoms with E-state index in [2.05, 4.69) is 10.1 Å². The molecule has 1 heterocycles. The maximum Gasteiger partial charge on any atom is 0.229 e. The predicted octanol–water partition coefficient (Wildman–Crippen LogP) is 0.640. The van der Waals surface area contributed by atoms with Crippen molar-refractivity contribution in [3.8, 4) is 0 Å². The molecule has 0 radical (unpaired) electrons. The van der Waals surface area contributed by atoms with Gasteiger partial charge >= 0.3 is 0 Å². The third-order valence-electron chi connectivity index (χ3n) is 2.86. The number of aromatic nitrogens is 2. The van der Waals surface area contributed by atoms with E-state index in [-0.39, 0.29) is 5.60 Å². The minimum atomic E-state index is -0.0571. The molecular weight excluding hydrogens is 182 g/mol. The van der Waals surface area contributed by atoms with Crippen molar-refractivity contribution in [1.29, 1.82) is 0 Å². The predicted molar refractivity (Wildman–Crippen MR) is 49.5 cm³/mol. The van der Waals surface area contributed by atoms with E-state index in [1.54, 1.807) is 7.11 Å². The van der Waals surface area contributed by atoms with Gasteiger partial charge < -0.3 is 15.0 Å². The Labute approximate surface area is 82.6 Å². The van der Waals surface area contributed by atoms with Crippen LogP contribution in [0.3, 0.4) is 0 Å². The Kier molecular flexibility index (Phi) is 2.52. The number of hydrogen-bond acceptors (Lipinski definition) is 5. The van der Waals surface area contributed by atoms with E-state index in [9.17, 15) is 0 Å². The van der Waals surface area contributed by atoms with Gasteiger partial charge in [0.05, 0.1) is 18.6 Å². The minimum Gasteiger partial charge on any atom is -0.378 e. The molecule has 0 aliphatic heterocycles. The molecule has 0 spiro atoms. The van der Waals surface area contributed by atoms with Crippen molar-refractivity contribution in [2.45, 2.75) is 37.8 Å². The zero-order valence-corrected chi connectivity index (χ0v) is 8.32. The van der Waals surface area contributed by atoms with Crippen molar-refractivity contribution < 1.29 is 9.26 Å². The van der Waals surface area contributed by atoms with Gasteiger partial charge in [-0.15, -0.1) is 0 Å². The second kappa shape index (κ2) is 3.67. The third-order valence-corrected chi connectivity index (χ3v) is 2.86. The van der Waals surface area contributed by atoms with Gasteiger partial charge in [-0.1, -0.05) is 5.16 Å². The van der Waals surface area contributed by atoms with Crippen LogP contribution in [0.15, 0.2) is 4.52 Å². The first kappa shape index (κ1) is 9.61. The Morgan fingerprint density at radius 1 is 1.57 bits per heavy atom. The molecular formula is C9H15N3O2. The van der Waals surface area contributed by atoms with E-state index < -0.39 is 0 Å². The fourth-order valence-corrected chi connectivity index (χ4v) is 1.74. The highest BCUT2D eigenvalue weighted by Gasteiger charge is 2.38. The molecule has 5 nitrogen and oxygen atoms in total. The topological polar surface area (TPSA) is 74.2 Å². The second-order valence-electron chi connectivity index (χ2n) is 3.73. The Balaban J connectivity index is 2.02. The summed E-state index contributed by atoms with van der Waals surface area (Å²) < 4.78 is 10.5. The molecule has 1 aromatic rings. The van der Waals surface area contributed by atoms with Crippen molar-refractivity contribution in [2.75, 3.05) is 7.11 Å². The summed E-state index contributed by atoms with van der Waals surface area (Å²) in [5.74, 6) is 1.19. The molecule has 0 atom stereocenters. The first-order valence-corrected chi connectivity index (χ1v) is 4.85. The smallest absolute Gasteiger partial charge is 0.229 e. The van der Waals surface area contributed by atoms with Gasteiger partial charge in [-0.05, 0) is 19.3 Å². The minimum absolute atomic E-state index is 0.0571. The van der Waals surface area contributed by atoms with Crippen molar-refractivity contribution in [1.82, 2.24) is 10.1 Å². The number of methoxy groups -OCH3 is 1. The average Bonchev–Trinajstić information content (AvgIpc) is 2.59. The zero-order chi connectivity index (χ0) is 10.0. The van der Waals surface area contributed by atoms with Crippen molar-refractivity contribution in [2.24, 2.45) is 5.73 Å². The molecule has 2 N–H and O–H groups in total. The fourth-order valence-electron chi connectivity index (χ4n) is 1.74.